The molecule has 1 aromatic heterocycles. The number of aromatic nitrogens is 2. The quantitative estimate of drug-likeness (QED) is 0.848. The van der Waals surface area contributed by atoms with Gasteiger partial charge in [-0.2, -0.15) is 18.3 Å². The fourth-order valence-corrected chi connectivity index (χ4v) is 3.24. The molecule has 0 saturated carbocycles. The van der Waals surface area contributed by atoms with Crippen LogP contribution in [0.3, 0.4) is 0 Å². The molecule has 156 valence electrons. The van der Waals surface area contributed by atoms with Crippen molar-refractivity contribution in [2.24, 2.45) is 0 Å². The molecule has 1 aromatic carbocycles. The van der Waals surface area contributed by atoms with Gasteiger partial charge in [0.25, 0.3) is 5.91 Å². The molecular formula is C19H22F3N5O2. The first-order valence-electron chi connectivity index (χ1n) is 9.26. The smallest absolute Gasteiger partial charge is 0.338 e. The summed E-state index contributed by atoms with van der Waals surface area (Å²) in [5, 5.41) is 6.85. The van der Waals surface area contributed by atoms with Crippen LogP contribution in [0.5, 0.6) is 0 Å². The van der Waals surface area contributed by atoms with Crippen LogP contribution in [0.2, 0.25) is 0 Å². The first kappa shape index (κ1) is 20.7. The summed E-state index contributed by atoms with van der Waals surface area (Å²) in [4.78, 5) is 28.0. The lowest BCUT2D eigenvalue weighted by molar-refractivity contribution is -0.137. The van der Waals surface area contributed by atoms with Crippen molar-refractivity contribution >= 4 is 11.9 Å². The van der Waals surface area contributed by atoms with Crippen molar-refractivity contribution in [3.8, 4) is 5.69 Å². The number of nitrogens with one attached hydrogen (secondary N) is 1. The van der Waals surface area contributed by atoms with Gasteiger partial charge in [-0.25, -0.2) is 9.48 Å². The molecule has 0 radical (unpaired) electrons. The summed E-state index contributed by atoms with van der Waals surface area (Å²) in [6.45, 7) is 5.60. The maximum absolute atomic E-state index is 13.0. The number of nitrogens with zero attached hydrogens (tertiary/aromatic N) is 4. The summed E-state index contributed by atoms with van der Waals surface area (Å²) in [5.74, 6) is -0.253. The predicted octanol–water partition coefficient (Wildman–Crippen LogP) is 2.69. The van der Waals surface area contributed by atoms with Crippen LogP contribution in [-0.4, -0.2) is 64.2 Å². The fourth-order valence-electron chi connectivity index (χ4n) is 3.24. The van der Waals surface area contributed by atoms with E-state index in [2.05, 4.69) is 10.4 Å². The molecule has 1 aliphatic heterocycles. The van der Waals surface area contributed by atoms with E-state index in [0.29, 0.717) is 44.0 Å². The Morgan fingerprint density at radius 2 is 1.79 bits per heavy atom. The Morgan fingerprint density at radius 1 is 1.14 bits per heavy atom. The largest absolute Gasteiger partial charge is 0.416 e. The molecule has 0 aliphatic carbocycles. The zero-order chi connectivity index (χ0) is 21.2. The van der Waals surface area contributed by atoms with Gasteiger partial charge in [-0.05, 0) is 32.0 Å². The minimum absolute atomic E-state index is 0.159. The van der Waals surface area contributed by atoms with Gasteiger partial charge in [0.1, 0.15) is 0 Å². The molecule has 7 nitrogen and oxygen atoms in total. The van der Waals surface area contributed by atoms with Crippen molar-refractivity contribution in [1.29, 1.82) is 0 Å². The van der Waals surface area contributed by atoms with E-state index in [-0.39, 0.29) is 17.6 Å². The van der Waals surface area contributed by atoms with E-state index in [4.69, 9.17) is 0 Å². The predicted molar refractivity (Wildman–Crippen MR) is 99.9 cm³/mol. The lowest BCUT2D eigenvalue weighted by atomic mass is 10.1. The zero-order valence-electron chi connectivity index (χ0n) is 16.2. The van der Waals surface area contributed by atoms with E-state index in [0.717, 1.165) is 12.1 Å². The maximum Gasteiger partial charge on any atom is 0.416 e. The second-order valence-electron chi connectivity index (χ2n) is 6.72. The molecule has 1 N–H and O–H groups in total. The van der Waals surface area contributed by atoms with Crippen molar-refractivity contribution in [2.45, 2.75) is 20.0 Å². The average molecular weight is 409 g/mol. The van der Waals surface area contributed by atoms with Crippen LogP contribution in [0.4, 0.5) is 18.0 Å². The monoisotopic (exact) mass is 409 g/mol. The highest BCUT2D eigenvalue weighted by atomic mass is 19.4. The number of carbonyl (C=O) groups excluding carboxylic acids is 2. The summed E-state index contributed by atoms with van der Waals surface area (Å²) in [6, 6.07) is 4.64. The molecular weight excluding hydrogens is 387 g/mol. The maximum atomic E-state index is 13.0. The third-order valence-electron chi connectivity index (χ3n) is 4.84. The lowest BCUT2D eigenvalue weighted by Crippen LogP contribution is -2.53. The number of hydrogen-bond donors (Lipinski definition) is 1. The number of hydrogen-bond acceptors (Lipinski definition) is 3. The van der Waals surface area contributed by atoms with Gasteiger partial charge >= 0.3 is 12.2 Å². The van der Waals surface area contributed by atoms with Gasteiger partial charge in [-0.3, -0.25) is 4.79 Å². The standard InChI is InChI=1S/C19H22F3N5O2/c1-3-23-18(29)26-9-7-25(8-10-26)17(28)16-12-24-27(13(16)2)15-6-4-5-14(11-15)19(20,21)22/h4-6,11-12H,3,7-10H2,1-2H3,(H,23,29). The van der Waals surface area contributed by atoms with Gasteiger partial charge in [0.2, 0.25) is 0 Å². The highest BCUT2D eigenvalue weighted by Gasteiger charge is 2.31. The molecule has 2 aromatic rings. The number of alkyl halides is 3. The van der Waals surface area contributed by atoms with Gasteiger partial charge in [0.05, 0.1) is 28.7 Å². The molecule has 0 atom stereocenters. The van der Waals surface area contributed by atoms with Crippen LogP contribution >= 0.6 is 0 Å². The Morgan fingerprint density at radius 3 is 2.41 bits per heavy atom. The summed E-state index contributed by atoms with van der Waals surface area (Å²) >= 11 is 0. The summed E-state index contributed by atoms with van der Waals surface area (Å²) in [6.07, 6.45) is -3.09. The first-order valence-corrected chi connectivity index (χ1v) is 9.26. The third-order valence-corrected chi connectivity index (χ3v) is 4.84. The van der Waals surface area contributed by atoms with Gasteiger partial charge < -0.3 is 15.1 Å². The van der Waals surface area contributed by atoms with Gasteiger partial charge in [0.15, 0.2) is 0 Å². The molecule has 0 unspecified atom stereocenters. The number of benzene rings is 1. The molecule has 1 saturated heterocycles. The number of carbonyl (C=O) groups is 2. The Bertz CT molecular complexity index is 901. The number of halogens is 3. The molecule has 1 fully saturated rings. The zero-order valence-corrected chi connectivity index (χ0v) is 16.2. The Labute approximate surface area is 166 Å². The molecule has 10 heteroatoms. The van der Waals surface area contributed by atoms with Crippen LogP contribution < -0.4 is 5.32 Å². The van der Waals surface area contributed by atoms with E-state index in [1.807, 2.05) is 6.92 Å². The molecule has 1 aliphatic rings. The van der Waals surface area contributed by atoms with Crippen molar-refractivity contribution in [2.75, 3.05) is 32.7 Å². The lowest BCUT2D eigenvalue weighted by Gasteiger charge is -2.34. The Balaban J connectivity index is 1.75. The van der Waals surface area contributed by atoms with Crippen LogP contribution in [0.25, 0.3) is 5.69 Å². The Kier molecular flexibility index (Phi) is 5.81. The van der Waals surface area contributed by atoms with Crippen LogP contribution in [0.15, 0.2) is 30.5 Å². The number of amides is 3. The van der Waals surface area contributed by atoms with Crippen LogP contribution in [0, 0.1) is 6.92 Å². The van der Waals surface area contributed by atoms with E-state index >= 15 is 0 Å². The molecule has 2 heterocycles. The van der Waals surface area contributed by atoms with Crippen molar-refractivity contribution in [1.82, 2.24) is 24.9 Å². The number of rotatable bonds is 3. The first-order chi connectivity index (χ1) is 13.7. The second-order valence-corrected chi connectivity index (χ2v) is 6.72. The van der Waals surface area contributed by atoms with E-state index in [9.17, 15) is 22.8 Å². The van der Waals surface area contributed by atoms with Gasteiger partial charge in [-0.15, -0.1) is 0 Å². The molecule has 0 spiro atoms. The van der Waals surface area contributed by atoms with Crippen LogP contribution in [-0.2, 0) is 6.18 Å². The highest BCUT2D eigenvalue weighted by Crippen LogP contribution is 2.30. The Hall–Kier alpha value is -3.04. The summed E-state index contributed by atoms with van der Waals surface area (Å²) in [7, 11) is 0. The van der Waals surface area contributed by atoms with E-state index in [1.165, 1.54) is 23.0 Å². The molecule has 29 heavy (non-hydrogen) atoms. The van der Waals surface area contributed by atoms with Crippen LogP contribution in [0.1, 0.15) is 28.5 Å². The van der Waals surface area contributed by atoms with E-state index in [1.54, 1.807) is 16.7 Å². The molecule has 0 bridgehead atoms. The summed E-state index contributed by atoms with van der Waals surface area (Å²) < 4.78 is 40.2. The minimum atomic E-state index is -4.46. The van der Waals surface area contributed by atoms with Gasteiger partial charge in [0, 0.05) is 32.7 Å². The highest BCUT2D eigenvalue weighted by molar-refractivity contribution is 5.95. The number of urea groups is 1. The van der Waals surface area contributed by atoms with Crippen molar-refractivity contribution in [3.05, 3.63) is 47.3 Å². The van der Waals surface area contributed by atoms with Crippen molar-refractivity contribution < 1.29 is 22.8 Å². The summed E-state index contributed by atoms with van der Waals surface area (Å²) in [5.41, 5.74) is 0.242. The van der Waals surface area contributed by atoms with Gasteiger partial charge in [-0.1, -0.05) is 6.07 Å². The minimum Gasteiger partial charge on any atom is -0.338 e. The van der Waals surface area contributed by atoms with Crippen molar-refractivity contribution in [3.63, 3.8) is 0 Å². The van der Waals surface area contributed by atoms with E-state index < -0.39 is 11.7 Å². The third kappa shape index (κ3) is 4.36. The molecule has 3 amide bonds. The average Bonchev–Trinajstić information content (AvgIpc) is 3.08. The SMILES string of the molecule is CCNC(=O)N1CCN(C(=O)c2cnn(-c3cccc(C(F)(F)F)c3)c2C)CC1. The fraction of sp³-hybridized carbons (Fsp3) is 0.421. The number of piperazine rings is 1. The second kappa shape index (κ2) is 8.14. The topological polar surface area (TPSA) is 70.5 Å². The normalized spacial score (nSPS) is 14.8. The molecule has 3 rings (SSSR count).